The minimum Gasteiger partial charge on any atom is -0.462 e. The molecule has 34 heavy (non-hydrogen) atoms. The molecule has 11 heteroatoms. The average molecular weight is 478 g/mol. The molecule has 2 N–H and O–H groups in total. The van der Waals surface area contributed by atoms with Gasteiger partial charge in [-0.1, -0.05) is 0 Å². The minimum atomic E-state index is -1.05. The number of anilines is 1. The second-order valence-corrected chi connectivity index (χ2v) is 9.15. The number of rotatable bonds is 6. The number of nitrogens with one attached hydrogen (secondary N) is 2. The topological polar surface area (TPSA) is 131 Å². The summed E-state index contributed by atoms with van der Waals surface area (Å²) in [6.07, 6.45) is -3.71. The first-order chi connectivity index (χ1) is 16.0. The molecule has 0 aromatic heterocycles. The lowest BCUT2D eigenvalue weighted by Crippen LogP contribution is -2.59. The second kappa shape index (κ2) is 9.23. The molecule has 3 fully saturated rings. The van der Waals surface area contributed by atoms with E-state index in [0.717, 1.165) is 0 Å². The number of ether oxygens (including phenoxy) is 6. The van der Waals surface area contributed by atoms with Gasteiger partial charge in [-0.15, -0.1) is 0 Å². The van der Waals surface area contributed by atoms with E-state index in [0.29, 0.717) is 11.3 Å². The van der Waals surface area contributed by atoms with Crippen molar-refractivity contribution in [2.75, 3.05) is 18.5 Å². The smallest absolute Gasteiger partial charge is 0.338 e. The number of fused-ring (bicyclic) bond motifs is 3. The van der Waals surface area contributed by atoms with E-state index in [9.17, 15) is 14.4 Å². The Labute approximate surface area is 197 Å². The molecule has 0 bridgehead atoms. The minimum absolute atomic E-state index is 0.274. The van der Waals surface area contributed by atoms with Crippen molar-refractivity contribution in [2.24, 2.45) is 0 Å². The molecule has 1 aromatic rings. The van der Waals surface area contributed by atoms with Crippen LogP contribution >= 0.6 is 0 Å². The van der Waals surface area contributed by atoms with Crippen molar-refractivity contribution in [1.82, 2.24) is 5.32 Å². The number of benzene rings is 1. The van der Waals surface area contributed by atoms with Crippen molar-refractivity contribution in [3.05, 3.63) is 29.8 Å². The Bertz CT molecular complexity index is 946. The molecule has 4 rings (SSSR count). The van der Waals surface area contributed by atoms with Crippen molar-refractivity contribution < 1.29 is 42.8 Å². The van der Waals surface area contributed by atoms with Gasteiger partial charge in [0.15, 0.2) is 24.0 Å². The van der Waals surface area contributed by atoms with E-state index >= 15 is 0 Å². The maximum Gasteiger partial charge on any atom is 0.338 e. The summed E-state index contributed by atoms with van der Waals surface area (Å²) in [5.74, 6) is -3.26. The molecule has 3 aliphatic heterocycles. The summed E-state index contributed by atoms with van der Waals surface area (Å²) in [5, 5.41) is 5.24. The Morgan fingerprint density at radius 1 is 0.912 bits per heavy atom. The molecule has 3 saturated heterocycles. The van der Waals surface area contributed by atoms with E-state index in [1.807, 2.05) is 0 Å². The summed E-state index contributed by atoms with van der Waals surface area (Å²) in [4.78, 5) is 37.0. The fourth-order valence-corrected chi connectivity index (χ4v) is 4.20. The van der Waals surface area contributed by atoms with Crippen LogP contribution in [-0.2, 0) is 38.0 Å². The number of hydrogen-bond donors (Lipinski definition) is 2. The highest BCUT2D eigenvalue weighted by Gasteiger charge is 2.62. The van der Waals surface area contributed by atoms with Gasteiger partial charge in [0, 0.05) is 5.69 Å². The van der Waals surface area contributed by atoms with Crippen molar-refractivity contribution in [2.45, 2.75) is 76.9 Å². The monoisotopic (exact) mass is 478 g/mol. The van der Waals surface area contributed by atoms with Crippen LogP contribution in [0.4, 0.5) is 5.69 Å². The summed E-state index contributed by atoms with van der Waals surface area (Å²) < 4.78 is 34.4. The number of amides is 2. The van der Waals surface area contributed by atoms with Crippen molar-refractivity contribution in [3.8, 4) is 0 Å². The molecule has 0 aliphatic carbocycles. The zero-order valence-electron chi connectivity index (χ0n) is 19.8. The van der Waals surface area contributed by atoms with Gasteiger partial charge in [0.1, 0.15) is 18.3 Å². The molecule has 5 atom stereocenters. The van der Waals surface area contributed by atoms with Crippen LogP contribution in [0.25, 0.3) is 0 Å². The van der Waals surface area contributed by atoms with Gasteiger partial charge < -0.3 is 39.1 Å². The Morgan fingerprint density at radius 2 is 1.53 bits per heavy atom. The zero-order valence-corrected chi connectivity index (χ0v) is 19.8. The van der Waals surface area contributed by atoms with E-state index in [-0.39, 0.29) is 13.2 Å². The highest BCUT2D eigenvalue weighted by molar-refractivity contribution is 5.96. The first-order valence-electron chi connectivity index (χ1n) is 11.2. The van der Waals surface area contributed by atoms with Gasteiger partial charge in [0.25, 0.3) is 5.91 Å². The molecule has 0 spiro atoms. The molecular formula is C23H30N2O9. The van der Waals surface area contributed by atoms with E-state index in [4.69, 9.17) is 28.4 Å². The van der Waals surface area contributed by atoms with Crippen molar-refractivity contribution in [3.63, 3.8) is 0 Å². The van der Waals surface area contributed by atoms with Crippen LogP contribution in [-0.4, -0.2) is 73.2 Å². The fourth-order valence-electron chi connectivity index (χ4n) is 4.20. The summed E-state index contributed by atoms with van der Waals surface area (Å²) in [7, 11) is 0. The average Bonchev–Trinajstić information content (AvgIpc) is 3.25. The van der Waals surface area contributed by atoms with Crippen LogP contribution in [0.2, 0.25) is 0 Å². The van der Waals surface area contributed by atoms with Crippen molar-refractivity contribution in [1.29, 1.82) is 0 Å². The molecular weight excluding hydrogens is 448 g/mol. The summed E-state index contributed by atoms with van der Waals surface area (Å²) in [5.41, 5.74) is 0.843. The maximum atomic E-state index is 12.9. The highest BCUT2D eigenvalue weighted by atomic mass is 16.9. The van der Waals surface area contributed by atoms with E-state index < -0.39 is 60.1 Å². The maximum absolute atomic E-state index is 12.9. The predicted molar refractivity (Wildman–Crippen MR) is 117 cm³/mol. The quantitative estimate of drug-likeness (QED) is 0.581. The lowest BCUT2D eigenvalue weighted by molar-refractivity contribution is -0.231. The molecule has 0 saturated carbocycles. The van der Waals surface area contributed by atoms with Crippen LogP contribution in [0.3, 0.4) is 0 Å². The Kier molecular flexibility index (Phi) is 6.67. The van der Waals surface area contributed by atoms with E-state index in [1.54, 1.807) is 58.9 Å². The summed E-state index contributed by atoms with van der Waals surface area (Å²) in [6, 6.07) is 6.24. The largest absolute Gasteiger partial charge is 0.462 e. The summed E-state index contributed by atoms with van der Waals surface area (Å²) >= 11 is 0. The van der Waals surface area contributed by atoms with Crippen LogP contribution in [0.15, 0.2) is 24.3 Å². The molecule has 0 unspecified atom stereocenters. The van der Waals surface area contributed by atoms with Crippen LogP contribution in [0, 0.1) is 0 Å². The molecule has 3 aliphatic rings. The second-order valence-electron chi connectivity index (χ2n) is 9.15. The fraction of sp³-hybridized carbons (Fsp3) is 0.609. The third-order valence-corrected chi connectivity index (χ3v) is 5.52. The highest BCUT2D eigenvalue weighted by Crippen LogP contribution is 2.44. The Hall–Kier alpha value is -2.57. The number of carbonyl (C=O) groups excluding carboxylic acids is 3. The lowest BCUT2D eigenvalue weighted by Gasteiger charge is -2.36. The van der Waals surface area contributed by atoms with Crippen LogP contribution in [0.1, 0.15) is 45.0 Å². The Morgan fingerprint density at radius 3 is 2.21 bits per heavy atom. The summed E-state index contributed by atoms with van der Waals surface area (Å²) in [6.45, 7) is 8.70. The number of esters is 1. The molecule has 1 aromatic carbocycles. The standard InChI is InChI=1S/C23H30N2O9/c1-6-29-20(28)12-7-9-13(10-8-12)25-14(26)11-24-19(27)17-15-16(32-22(2,3)31-15)18-21(30-17)34-23(4,5)33-18/h7-10,15-18,21H,6,11H2,1-5H3,(H,24,27)(H,25,26)/t15-,16+,17-,18-,21-/m1/s1. The predicted octanol–water partition coefficient (Wildman–Crippen LogP) is 1.31. The first kappa shape index (κ1) is 24.6. The number of hydrogen-bond acceptors (Lipinski definition) is 9. The SMILES string of the molecule is CCOC(=O)c1ccc(NC(=O)CNC(=O)[C@@H]2O[C@@H]3OC(C)(C)O[C@@H]3[C@H]3OC(C)(C)O[C@H]32)cc1. The van der Waals surface area contributed by atoms with Gasteiger partial charge in [0.05, 0.1) is 18.7 Å². The van der Waals surface area contributed by atoms with Gasteiger partial charge >= 0.3 is 5.97 Å². The van der Waals surface area contributed by atoms with Crippen LogP contribution in [0.5, 0.6) is 0 Å². The van der Waals surface area contributed by atoms with Gasteiger partial charge in [-0.25, -0.2) is 4.79 Å². The van der Waals surface area contributed by atoms with E-state index in [1.165, 1.54) is 0 Å². The molecule has 0 radical (unpaired) electrons. The first-order valence-corrected chi connectivity index (χ1v) is 11.2. The molecule has 11 nitrogen and oxygen atoms in total. The zero-order chi connectivity index (χ0) is 24.7. The normalized spacial score (nSPS) is 30.7. The van der Waals surface area contributed by atoms with Crippen LogP contribution < -0.4 is 10.6 Å². The third-order valence-electron chi connectivity index (χ3n) is 5.52. The van der Waals surface area contributed by atoms with Crippen molar-refractivity contribution >= 4 is 23.5 Å². The Balaban J connectivity index is 1.35. The van der Waals surface area contributed by atoms with Gasteiger partial charge in [-0.2, -0.15) is 0 Å². The van der Waals surface area contributed by atoms with Gasteiger partial charge in [-0.05, 0) is 58.9 Å². The molecule has 3 heterocycles. The number of carbonyl (C=O) groups is 3. The molecule has 186 valence electrons. The lowest BCUT2D eigenvalue weighted by atomic mass is 9.98. The molecule has 2 amide bonds. The van der Waals surface area contributed by atoms with E-state index in [2.05, 4.69) is 10.6 Å². The van der Waals surface area contributed by atoms with Gasteiger partial charge in [0.2, 0.25) is 5.91 Å². The van der Waals surface area contributed by atoms with Gasteiger partial charge in [-0.3, -0.25) is 9.59 Å². The third kappa shape index (κ3) is 5.23.